The van der Waals surface area contributed by atoms with E-state index in [1.165, 1.54) is 38.5 Å². The zero-order valence-corrected chi connectivity index (χ0v) is 13.5. The summed E-state index contributed by atoms with van der Waals surface area (Å²) in [5, 5.41) is 4.06. The van der Waals surface area contributed by atoms with Crippen molar-refractivity contribution in [3.63, 3.8) is 0 Å². The van der Waals surface area contributed by atoms with Crippen LogP contribution in [0.4, 0.5) is 5.82 Å². The molecule has 0 unspecified atom stereocenters. The fraction of sp³-hybridized carbons (Fsp3) is 0.750. The lowest BCUT2D eigenvalue weighted by molar-refractivity contribution is 0.143. The minimum Gasteiger partial charge on any atom is -0.385 e. The summed E-state index contributed by atoms with van der Waals surface area (Å²) in [6, 6.07) is 1.84. The molecule has 116 valence electrons. The second kappa shape index (κ2) is 6.49. The average Bonchev–Trinajstić information content (AvgIpc) is 3.23. The predicted octanol–water partition coefficient (Wildman–Crippen LogP) is 4.02. The molecule has 0 spiro atoms. The molecule has 0 saturated heterocycles. The molecule has 0 atom stereocenters. The molecular formula is C16H24ClN3O. The number of halogens is 1. The normalized spacial score (nSPS) is 20.7. The van der Waals surface area contributed by atoms with E-state index in [0.29, 0.717) is 16.5 Å². The zero-order chi connectivity index (χ0) is 14.7. The summed E-state index contributed by atoms with van der Waals surface area (Å²) in [4.78, 5) is 8.97. The van der Waals surface area contributed by atoms with Gasteiger partial charge < -0.3 is 10.1 Å². The number of hydrogen-bond donors (Lipinski definition) is 1. The van der Waals surface area contributed by atoms with Crippen LogP contribution < -0.4 is 5.32 Å². The number of nitrogens with zero attached hydrogens (tertiary/aromatic N) is 2. The summed E-state index contributed by atoms with van der Waals surface area (Å²) < 4.78 is 5.28. The lowest BCUT2D eigenvalue weighted by atomic mass is 9.83. The van der Waals surface area contributed by atoms with Crippen molar-refractivity contribution in [2.24, 2.45) is 5.41 Å². The van der Waals surface area contributed by atoms with Crippen molar-refractivity contribution in [3.05, 3.63) is 17.0 Å². The van der Waals surface area contributed by atoms with Gasteiger partial charge in [0, 0.05) is 32.2 Å². The molecule has 2 saturated carbocycles. The van der Waals surface area contributed by atoms with E-state index < -0.39 is 0 Å². The van der Waals surface area contributed by atoms with Crippen molar-refractivity contribution < 1.29 is 4.74 Å². The number of rotatable bonds is 7. The zero-order valence-electron chi connectivity index (χ0n) is 12.7. The van der Waals surface area contributed by atoms with Gasteiger partial charge in [-0.05, 0) is 37.5 Å². The second-order valence-corrected chi connectivity index (χ2v) is 6.90. The van der Waals surface area contributed by atoms with Gasteiger partial charge in [0.2, 0.25) is 0 Å². The highest BCUT2D eigenvalue weighted by Crippen LogP contribution is 2.42. The average molecular weight is 310 g/mol. The molecule has 3 rings (SSSR count). The van der Waals surface area contributed by atoms with Crippen LogP contribution in [0.5, 0.6) is 0 Å². The van der Waals surface area contributed by atoms with Gasteiger partial charge in [-0.1, -0.05) is 24.4 Å². The van der Waals surface area contributed by atoms with Crippen LogP contribution in [-0.4, -0.2) is 30.2 Å². The number of aromatic nitrogens is 2. The molecule has 1 heterocycles. The maximum atomic E-state index is 6.12. The van der Waals surface area contributed by atoms with E-state index in [-0.39, 0.29) is 0 Å². The fourth-order valence-corrected chi connectivity index (χ4v) is 3.48. The Morgan fingerprint density at radius 1 is 1.33 bits per heavy atom. The first kappa shape index (κ1) is 15.0. The van der Waals surface area contributed by atoms with Crippen molar-refractivity contribution in [2.75, 3.05) is 25.6 Å². The second-order valence-electron chi connectivity index (χ2n) is 6.51. The van der Waals surface area contributed by atoms with Gasteiger partial charge >= 0.3 is 0 Å². The lowest BCUT2D eigenvalue weighted by Crippen LogP contribution is -2.28. The van der Waals surface area contributed by atoms with Crippen LogP contribution in [-0.2, 0) is 4.74 Å². The number of anilines is 1. The van der Waals surface area contributed by atoms with Crippen molar-refractivity contribution in [1.82, 2.24) is 9.97 Å². The summed E-state index contributed by atoms with van der Waals surface area (Å²) in [6.07, 6.45) is 8.70. The number of nitrogens with one attached hydrogen (secondary N) is 1. The minimum atomic E-state index is 0.354. The van der Waals surface area contributed by atoms with E-state index in [1.807, 2.05) is 6.07 Å². The van der Waals surface area contributed by atoms with Crippen molar-refractivity contribution >= 4 is 17.4 Å². The summed E-state index contributed by atoms with van der Waals surface area (Å²) in [6.45, 7) is 1.79. The van der Waals surface area contributed by atoms with Gasteiger partial charge in [-0.2, -0.15) is 0 Å². The summed E-state index contributed by atoms with van der Waals surface area (Å²) in [7, 11) is 1.78. The third kappa shape index (κ3) is 3.86. The SMILES string of the molecule is COCCC1(CNc2cc(Cl)nc(C3CC3)n2)CCCC1. The van der Waals surface area contributed by atoms with Gasteiger partial charge in [-0.25, -0.2) is 9.97 Å². The van der Waals surface area contributed by atoms with Crippen LogP contribution in [0, 0.1) is 5.41 Å². The molecule has 21 heavy (non-hydrogen) atoms. The smallest absolute Gasteiger partial charge is 0.135 e. The fourth-order valence-electron chi connectivity index (χ4n) is 3.29. The highest BCUT2D eigenvalue weighted by atomic mass is 35.5. The molecule has 1 N–H and O–H groups in total. The van der Waals surface area contributed by atoms with Crippen LogP contribution >= 0.6 is 11.6 Å². The van der Waals surface area contributed by atoms with Crippen LogP contribution in [0.25, 0.3) is 0 Å². The van der Waals surface area contributed by atoms with Crippen LogP contribution in [0.2, 0.25) is 5.15 Å². The standard InChI is InChI=1S/C16H24ClN3O/c1-21-9-8-16(6-2-3-7-16)11-18-14-10-13(17)19-15(20-14)12-4-5-12/h10,12H,2-9,11H2,1H3,(H,18,19,20). The molecule has 4 nitrogen and oxygen atoms in total. The number of ether oxygens (including phenoxy) is 1. The monoisotopic (exact) mass is 309 g/mol. The summed E-state index contributed by atoms with van der Waals surface area (Å²) in [5.74, 6) is 2.31. The first-order chi connectivity index (χ1) is 10.2. The number of hydrogen-bond acceptors (Lipinski definition) is 4. The van der Waals surface area contributed by atoms with E-state index in [0.717, 1.165) is 31.2 Å². The molecular weight excluding hydrogens is 286 g/mol. The van der Waals surface area contributed by atoms with Gasteiger partial charge in [0.25, 0.3) is 0 Å². The Labute approximate surface area is 131 Å². The maximum Gasteiger partial charge on any atom is 0.135 e. The van der Waals surface area contributed by atoms with Crippen molar-refractivity contribution in [3.8, 4) is 0 Å². The van der Waals surface area contributed by atoms with E-state index in [1.54, 1.807) is 7.11 Å². The quantitative estimate of drug-likeness (QED) is 0.773. The first-order valence-electron chi connectivity index (χ1n) is 7.98. The Kier molecular flexibility index (Phi) is 4.65. The molecule has 2 fully saturated rings. The minimum absolute atomic E-state index is 0.354. The Morgan fingerprint density at radius 3 is 2.76 bits per heavy atom. The van der Waals surface area contributed by atoms with Crippen molar-refractivity contribution in [2.45, 2.75) is 50.9 Å². The Morgan fingerprint density at radius 2 is 2.10 bits per heavy atom. The molecule has 0 aliphatic heterocycles. The highest BCUT2D eigenvalue weighted by molar-refractivity contribution is 6.29. The van der Waals surface area contributed by atoms with Crippen LogP contribution in [0.15, 0.2) is 6.07 Å². The molecule has 2 aliphatic rings. The maximum absolute atomic E-state index is 6.12. The molecule has 0 bridgehead atoms. The van der Waals surface area contributed by atoms with Gasteiger partial charge in [0.15, 0.2) is 0 Å². The Balaban J connectivity index is 1.65. The highest BCUT2D eigenvalue weighted by Gasteiger charge is 2.33. The molecule has 0 aromatic carbocycles. The number of methoxy groups -OCH3 is 1. The Bertz CT molecular complexity index is 484. The molecule has 2 aliphatic carbocycles. The predicted molar refractivity (Wildman–Crippen MR) is 84.9 cm³/mol. The van der Waals surface area contributed by atoms with Gasteiger partial charge in [0.05, 0.1) is 0 Å². The lowest BCUT2D eigenvalue weighted by Gasteiger charge is -2.29. The molecule has 0 radical (unpaired) electrons. The van der Waals surface area contributed by atoms with E-state index in [2.05, 4.69) is 15.3 Å². The molecule has 5 heteroatoms. The molecule has 1 aromatic rings. The largest absolute Gasteiger partial charge is 0.385 e. The van der Waals surface area contributed by atoms with Crippen LogP contribution in [0.1, 0.15) is 56.7 Å². The van der Waals surface area contributed by atoms with Crippen molar-refractivity contribution in [1.29, 1.82) is 0 Å². The van der Waals surface area contributed by atoms with E-state index in [9.17, 15) is 0 Å². The Hall–Kier alpha value is -0.870. The van der Waals surface area contributed by atoms with Gasteiger partial charge in [0.1, 0.15) is 16.8 Å². The topological polar surface area (TPSA) is 47.0 Å². The summed E-state index contributed by atoms with van der Waals surface area (Å²) in [5.41, 5.74) is 0.354. The van der Waals surface area contributed by atoms with Gasteiger partial charge in [-0.3, -0.25) is 0 Å². The third-order valence-electron chi connectivity index (χ3n) is 4.80. The summed E-state index contributed by atoms with van der Waals surface area (Å²) >= 11 is 6.12. The molecule has 0 amide bonds. The first-order valence-corrected chi connectivity index (χ1v) is 8.36. The van der Waals surface area contributed by atoms with E-state index >= 15 is 0 Å². The van der Waals surface area contributed by atoms with Crippen LogP contribution in [0.3, 0.4) is 0 Å². The van der Waals surface area contributed by atoms with Gasteiger partial charge in [-0.15, -0.1) is 0 Å². The van der Waals surface area contributed by atoms with E-state index in [4.69, 9.17) is 16.3 Å². The third-order valence-corrected chi connectivity index (χ3v) is 4.99. The molecule has 1 aromatic heterocycles.